The molecule has 110 valence electrons. The van der Waals surface area contributed by atoms with Crippen molar-refractivity contribution in [3.63, 3.8) is 0 Å². The Hall–Kier alpha value is -1.10. The van der Waals surface area contributed by atoms with E-state index in [1.807, 2.05) is 6.92 Å². The van der Waals surface area contributed by atoms with E-state index in [-0.39, 0.29) is 5.91 Å². The van der Waals surface area contributed by atoms with Crippen LogP contribution in [-0.4, -0.2) is 47.6 Å². The van der Waals surface area contributed by atoms with Crippen LogP contribution in [0.2, 0.25) is 0 Å². The summed E-state index contributed by atoms with van der Waals surface area (Å²) in [6.07, 6.45) is 2.47. The van der Waals surface area contributed by atoms with E-state index in [2.05, 4.69) is 19.2 Å². The number of aliphatic carboxylic acids is 1. The molecule has 1 aliphatic heterocycles. The van der Waals surface area contributed by atoms with Gasteiger partial charge in [-0.25, -0.2) is 0 Å². The van der Waals surface area contributed by atoms with Crippen molar-refractivity contribution in [3.05, 3.63) is 0 Å². The van der Waals surface area contributed by atoms with Crippen LogP contribution in [0.4, 0.5) is 0 Å². The standard InChI is InChI=1S/C14H26N2O3/c1-4-14(13(18)19)7-9-16(10-14)12(17)6-5-8-15-11(2)3/h11,15H,4-10H2,1-3H3,(H,18,19). The molecule has 1 heterocycles. The third kappa shape index (κ3) is 4.20. The first kappa shape index (κ1) is 16.0. The first-order valence-electron chi connectivity index (χ1n) is 7.16. The Bertz CT molecular complexity index is 331. The minimum absolute atomic E-state index is 0.0853. The quantitative estimate of drug-likeness (QED) is 0.687. The lowest BCUT2D eigenvalue weighted by atomic mass is 9.84. The molecule has 5 nitrogen and oxygen atoms in total. The molecule has 1 unspecified atom stereocenters. The van der Waals surface area contributed by atoms with Crippen LogP contribution < -0.4 is 5.32 Å². The summed E-state index contributed by atoms with van der Waals surface area (Å²) in [6, 6.07) is 0.432. The Labute approximate surface area is 115 Å². The van der Waals surface area contributed by atoms with Gasteiger partial charge < -0.3 is 15.3 Å². The van der Waals surface area contributed by atoms with Gasteiger partial charge in [-0.3, -0.25) is 9.59 Å². The Kier molecular flexibility index (Phi) is 5.79. The lowest BCUT2D eigenvalue weighted by Crippen LogP contribution is -2.36. The van der Waals surface area contributed by atoms with Gasteiger partial charge in [0.25, 0.3) is 0 Å². The van der Waals surface area contributed by atoms with Crippen molar-refractivity contribution in [2.45, 2.75) is 52.5 Å². The summed E-state index contributed by atoms with van der Waals surface area (Å²) in [5.41, 5.74) is -0.716. The van der Waals surface area contributed by atoms with E-state index in [1.54, 1.807) is 4.90 Å². The number of carboxylic acids is 1. The molecule has 1 aliphatic rings. The highest BCUT2D eigenvalue weighted by Gasteiger charge is 2.44. The normalized spacial score (nSPS) is 23.1. The third-order valence-electron chi connectivity index (χ3n) is 3.96. The SMILES string of the molecule is CCC1(C(=O)O)CCN(C(=O)CCCNC(C)C)C1. The van der Waals surface area contributed by atoms with Crippen LogP contribution in [0.15, 0.2) is 0 Å². The number of hydrogen-bond acceptors (Lipinski definition) is 3. The van der Waals surface area contributed by atoms with E-state index in [9.17, 15) is 14.7 Å². The molecule has 0 bridgehead atoms. The number of rotatable bonds is 7. The lowest BCUT2D eigenvalue weighted by molar-refractivity contribution is -0.148. The molecule has 2 N–H and O–H groups in total. The van der Waals surface area contributed by atoms with Gasteiger partial charge in [-0.1, -0.05) is 20.8 Å². The highest BCUT2D eigenvalue weighted by atomic mass is 16.4. The van der Waals surface area contributed by atoms with E-state index in [0.29, 0.717) is 38.4 Å². The Balaban J connectivity index is 2.37. The van der Waals surface area contributed by atoms with Crippen molar-refractivity contribution in [2.24, 2.45) is 5.41 Å². The molecule has 0 saturated carbocycles. The average molecular weight is 270 g/mol. The number of amides is 1. The fraction of sp³-hybridized carbons (Fsp3) is 0.857. The van der Waals surface area contributed by atoms with Crippen molar-refractivity contribution in [3.8, 4) is 0 Å². The van der Waals surface area contributed by atoms with Crippen LogP contribution in [0, 0.1) is 5.41 Å². The maximum Gasteiger partial charge on any atom is 0.311 e. The molecule has 1 fully saturated rings. The molecule has 0 aliphatic carbocycles. The van der Waals surface area contributed by atoms with Gasteiger partial charge in [-0.15, -0.1) is 0 Å². The minimum atomic E-state index is -0.772. The molecule has 0 spiro atoms. The van der Waals surface area contributed by atoms with Gasteiger partial charge in [0.2, 0.25) is 5.91 Å². The van der Waals surface area contributed by atoms with Gasteiger partial charge in [0.15, 0.2) is 0 Å². The molecule has 0 aromatic rings. The van der Waals surface area contributed by atoms with Gasteiger partial charge in [0, 0.05) is 25.6 Å². The summed E-state index contributed by atoms with van der Waals surface area (Å²) in [4.78, 5) is 25.0. The molecule has 1 amide bonds. The highest BCUT2D eigenvalue weighted by molar-refractivity contribution is 5.80. The zero-order valence-electron chi connectivity index (χ0n) is 12.2. The largest absolute Gasteiger partial charge is 0.481 e. The molecule has 0 aromatic carbocycles. The van der Waals surface area contributed by atoms with Crippen molar-refractivity contribution in [1.82, 2.24) is 10.2 Å². The van der Waals surface area contributed by atoms with E-state index in [0.717, 1.165) is 13.0 Å². The predicted molar refractivity (Wildman–Crippen MR) is 73.9 cm³/mol. The van der Waals surface area contributed by atoms with Crippen molar-refractivity contribution >= 4 is 11.9 Å². The summed E-state index contributed by atoms with van der Waals surface area (Å²) in [5.74, 6) is -0.686. The minimum Gasteiger partial charge on any atom is -0.481 e. The molecule has 5 heteroatoms. The van der Waals surface area contributed by atoms with Crippen molar-refractivity contribution in [1.29, 1.82) is 0 Å². The second-order valence-electron chi connectivity index (χ2n) is 5.72. The van der Waals surface area contributed by atoms with E-state index in [4.69, 9.17) is 0 Å². The lowest BCUT2D eigenvalue weighted by Gasteiger charge is -2.23. The molecule has 1 saturated heterocycles. The fourth-order valence-corrected chi connectivity index (χ4v) is 2.49. The number of nitrogens with zero attached hydrogens (tertiary/aromatic N) is 1. The molecular formula is C14H26N2O3. The summed E-state index contributed by atoms with van der Waals surface area (Å²) in [5, 5.41) is 12.6. The van der Waals surface area contributed by atoms with Crippen LogP contribution in [0.1, 0.15) is 46.5 Å². The van der Waals surface area contributed by atoms with Gasteiger partial charge in [-0.05, 0) is 25.8 Å². The van der Waals surface area contributed by atoms with Gasteiger partial charge in [0.05, 0.1) is 5.41 Å². The maximum absolute atomic E-state index is 12.0. The van der Waals surface area contributed by atoms with Crippen LogP contribution in [0.3, 0.4) is 0 Å². The van der Waals surface area contributed by atoms with E-state index < -0.39 is 11.4 Å². The topological polar surface area (TPSA) is 69.6 Å². The summed E-state index contributed by atoms with van der Waals surface area (Å²) >= 11 is 0. The van der Waals surface area contributed by atoms with E-state index >= 15 is 0 Å². The number of hydrogen-bond donors (Lipinski definition) is 2. The van der Waals surface area contributed by atoms with Crippen LogP contribution in [0.25, 0.3) is 0 Å². The first-order chi connectivity index (χ1) is 8.91. The second kappa shape index (κ2) is 6.89. The summed E-state index contributed by atoms with van der Waals surface area (Å²) < 4.78 is 0. The second-order valence-corrected chi connectivity index (χ2v) is 5.72. The van der Waals surface area contributed by atoms with Gasteiger partial charge in [-0.2, -0.15) is 0 Å². The van der Waals surface area contributed by atoms with Crippen LogP contribution in [0.5, 0.6) is 0 Å². The Morgan fingerprint density at radius 1 is 1.42 bits per heavy atom. The fourth-order valence-electron chi connectivity index (χ4n) is 2.49. The number of carbonyl (C=O) groups excluding carboxylic acids is 1. The van der Waals surface area contributed by atoms with Crippen LogP contribution in [-0.2, 0) is 9.59 Å². The number of carbonyl (C=O) groups is 2. The van der Waals surface area contributed by atoms with Gasteiger partial charge in [0.1, 0.15) is 0 Å². The Morgan fingerprint density at radius 2 is 2.11 bits per heavy atom. The predicted octanol–water partition coefficient (Wildman–Crippen LogP) is 1.48. The molecule has 19 heavy (non-hydrogen) atoms. The monoisotopic (exact) mass is 270 g/mol. The van der Waals surface area contributed by atoms with Gasteiger partial charge >= 0.3 is 5.97 Å². The molecule has 0 aromatic heterocycles. The average Bonchev–Trinajstić information content (AvgIpc) is 2.80. The maximum atomic E-state index is 12.0. The van der Waals surface area contributed by atoms with Crippen LogP contribution >= 0.6 is 0 Å². The molecule has 0 radical (unpaired) electrons. The molecular weight excluding hydrogens is 244 g/mol. The summed E-state index contributed by atoms with van der Waals surface area (Å²) in [7, 11) is 0. The van der Waals surface area contributed by atoms with Crippen molar-refractivity contribution < 1.29 is 14.7 Å². The molecule has 1 rings (SSSR count). The summed E-state index contributed by atoms with van der Waals surface area (Å²) in [6.45, 7) is 7.81. The number of nitrogens with one attached hydrogen (secondary N) is 1. The number of likely N-dealkylation sites (tertiary alicyclic amines) is 1. The highest BCUT2D eigenvalue weighted by Crippen LogP contribution is 2.34. The van der Waals surface area contributed by atoms with E-state index in [1.165, 1.54) is 0 Å². The molecule has 1 atom stereocenters. The third-order valence-corrected chi connectivity index (χ3v) is 3.96. The first-order valence-corrected chi connectivity index (χ1v) is 7.16. The number of carboxylic acid groups (broad SMARTS) is 1. The van der Waals surface area contributed by atoms with Crippen molar-refractivity contribution in [2.75, 3.05) is 19.6 Å². The zero-order chi connectivity index (χ0) is 14.5. The smallest absolute Gasteiger partial charge is 0.311 e. The zero-order valence-corrected chi connectivity index (χ0v) is 12.2. The Morgan fingerprint density at radius 3 is 2.58 bits per heavy atom.